The summed E-state index contributed by atoms with van der Waals surface area (Å²) in [6.07, 6.45) is 3.01. The van der Waals surface area contributed by atoms with Gasteiger partial charge in [0.25, 0.3) is 0 Å². The zero-order chi connectivity index (χ0) is 19.5. The van der Waals surface area contributed by atoms with E-state index in [-0.39, 0.29) is 13.2 Å². The first kappa shape index (κ1) is 19.9. The van der Waals surface area contributed by atoms with Gasteiger partial charge in [-0.1, -0.05) is 60.7 Å². The van der Waals surface area contributed by atoms with Crippen LogP contribution in [-0.4, -0.2) is 30.4 Å². The van der Waals surface area contributed by atoms with Gasteiger partial charge in [0.2, 0.25) is 11.8 Å². The maximum atomic E-state index is 12.0. The van der Waals surface area contributed by atoms with Crippen molar-refractivity contribution in [2.24, 2.45) is 0 Å². The molecule has 27 heavy (non-hydrogen) atoms. The molecule has 0 bridgehead atoms. The Morgan fingerprint density at radius 2 is 1.63 bits per heavy atom. The zero-order valence-electron chi connectivity index (χ0n) is 15.1. The van der Waals surface area contributed by atoms with Crippen molar-refractivity contribution in [2.75, 3.05) is 6.54 Å². The zero-order valence-corrected chi connectivity index (χ0v) is 15.1. The molecule has 6 heteroatoms. The molecule has 0 heterocycles. The Labute approximate surface area is 158 Å². The fourth-order valence-electron chi connectivity index (χ4n) is 2.16. The molecule has 0 aliphatic rings. The summed E-state index contributed by atoms with van der Waals surface area (Å²) in [4.78, 5) is 35.5. The van der Waals surface area contributed by atoms with Crippen molar-refractivity contribution in [3.63, 3.8) is 0 Å². The van der Waals surface area contributed by atoms with Crippen molar-refractivity contribution in [3.8, 4) is 0 Å². The van der Waals surface area contributed by atoms with Gasteiger partial charge >= 0.3 is 5.97 Å². The van der Waals surface area contributed by atoms with E-state index in [0.29, 0.717) is 0 Å². The second kappa shape index (κ2) is 10.6. The molecule has 0 fully saturated rings. The summed E-state index contributed by atoms with van der Waals surface area (Å²) in [5, 5.41) is 4.99. The van der Waals surface area contributed by atoms with Gasteiger partial charge in [0.15, 0.2) is 0 Å². The number of rotatable bonds is 8. The Bertz CT molecular complexity index is 788. The number of amides is 2. The van der Waals surface area contributed by atoms with Gasteiger partial charge < -0.3 is 15.4 Å². The topological polar surface area (TPSA) is 84.5 Å². The lowest BCUT2D eigenvalue weighted by Gasteiger charge is -2.12. The first-order valence-electron chi connectivity index (χ1n) is 8.55. The highest BCUT2D eigenvalue weighted by molar-refractivity contribution is 5.95. The van der Waals surface area contributed by atoms with Crippen molar-refractivity contribution >= 4 is 23.9 Å². The minimum Gasteiger partial charge on any atom is -0.460 e. The van der Waals surface area contributed by atoms with Gasteiger partial charge in [-0.15, -0.1) is 0 Å². The van der Waals surface area contributed by atoms with Crippen molar-refractivity contribution in [2.45, 2.75) is 19.6 Å². The van der Waals surface area contributed by atoms with Crippen LogP contribution in [0.15, 0.2) is 66.7 Å². The van der Waals surface area contributed by atoms with Crippen molar-refractivity contribution in [3.05, 3.63) is 77.9 Å². The Morgan fingerprint density at radius 1 is 1.00 bits per heavy atom. The third-order valence-corrected chi connectivity index (χ3v) is 3.63. The normalized spacial score (nSPS) is 11.6. The number of benzene rings is 2. The van der Waals surface area contributed by atoms with E-state index in [1.807, 2.05) is 60.7 Å². The predicted molar refractivity (Wildman–Crippen MR) is 102 cm³/mol. The Kier molecular flexibility index (Phi) is 7.78. The maximum absolute atomic E-state index is 12.0. The molecule has 2 aromatic carbocycles. The average molecular weight is 366 g/mol. The lowest BCUT2D eigenvalue weighted by Crippen LogP contribution is -2.45. The van der Waals surface area contributed by atoms with E-state index >= 15 is 0 Å². The van der Waals surface area contributed by atoms with Gasteiger partial charge in [0.05, 0.1) is 0 Å². The molecular formula is C21H22N2O4. The third-order valence-electron chi connectivity index (χ3n) is 3.63. The standard InChI is InChI=1S/C21H22N2O4/c1-16(23-19(24)13-12-17-8-4-2-5-9-17)21(26)22-14-20(25)27-15-18-10-6-3-7-11-18/h2-13,16H,14-15H2,1H3,(H,22,26)(H,23,24)/b13-12-/t16-/m1/s1. The molecular weight excluding hydrogens is 344 g/mol. The number of ether oxygens (including phenoxy) is 1. The molecule has 0 radical (unpaired) electrons. The molecule has 0 unspecified atom stereocenters. The molecule has 0 saturated carbocycles. The fraction of sp³-hybridized carbons (Fsp3) is 0.190. The predicted octanol–water partition coefficient (Wildman–Crippen LogP) is 2.06. The largest absolute Gasteiger partial charge is 0.460 e. The summed E-state index contributed by atoms with van der Waals surface area (Å²) < 4.78 is 5.07. The van der Waals surface area contributed by atoms with Gasteiger partial charge in [-0.05, 0) is 24.1 Å². The summed E-state index contributed by atoms with van der Waals surface area (Å²) in [5.74, 6) is -1.41. The number of hydrogen-bond acceptors (Lipinski definition) is 4. The molecule has 2 amide bonds. The third kappa shape index (κ3) is 7.56. The van der Waals surface area contributed by atoms with E-state index in [1.165, 1.54) is 6.08 Å². The number of hydrogen-bond donors (Lipinski definition) is 2. The van der Waals surface area contributed by atoms with Gasteiger partial charge in [0, 0.05) is 6.08 Å². The van der Waals surface area contributed by atoms with Crippen LogP contribution in [0.5, 0.6) is 0 Å². The van der Waals surface area contributed by atoms with Crippen LogP contribution < -0.4 is 10.6 Å². The average Bonchev–Trinajstić information content (AvgIpc) is 2.70. The SMILES string of the molecule is C[C@@H](NC(=O)/C=C\c1ccccc1)C(=O)NCC(=O)OCc1ccccc1. The molecule has 0 aromatic heterocycles. The van der Waals surface area contributed by atoms with Gasteiger partial charge in [0.1, 0.15) is 19.2 Å². The number of esters is 1. The van der Waals surface area contributed by atoms with Crippen LogP contribution in [0, 0.1) is 0 Å². The number of nitrogens with one attached hydrogen (secondary N) is 2. The van der Waals surface area contributed by atoms with E-state index in [0.717, 1.165) is 11.1 Å². The lowest BCUT2D eigenvalue weighted by atomic mass is 10.2. The lowest BCUT2D eigenvalue weighted by molar-refractivity contribution is -0.145. The van der Waals surface area contributed by atoms with Crippen LogP contribution in [0.2, 0.25) is 0 Å². The Hall–Kier alpha value is -3.41. The highest BCUT2D eigenvalue weighted by Crippen LogP contribution is 2.01. The van der Waals surface area contributed by atoms with Crippen LogP contribution in [0.4, 0.5) is 0 Å². The first-order chi connectivity index (χ1) is 13.0. The number of carbonyl (C=O) groups excluding carboxylic acids is 3. The van der Waals surface area contributed by atoms with Crippen LogP contribution in [0.3, 0.4) is 0 Å². The minimum absolute atomic E-state index is 0.145. The van der Waals surface area contributed by atoms with Crippen LogP contribution in [-0.2, 0) is 25.7 Å². The van der Waals surface area contributed by atoms with E-state index in [1.54, 1.807) is 13.0 Å². The second-order valence-corrected chi connectivity index (χ2v) is 5.84. The minimum atomic E-state index is -0.778. The van der Waals surface area contributed by atoms with Gasteiger partial charge in [-0.25, -0.2) is 0 Å². The number of carbonyl (C=O) groups is 3. The molecule has 140 valence electrons. The molecule has 0 aliphatic carbocycles. The maximum Gasteiger partial charge on any atom is 0.325 e. The summed E-state index contributed by atoms with van der Waals surface area (Å²) in [5.41, 5.74) is 1.74. The van der Waals surface area contributed by atoms with Crippen molar-refractivity contribution < 1.29 is 19.1 Å². The highest BCUT2D eigenvalue weighted by atomic mass is 16.5. The summed E-state index contributed by atoms with van der Waals surface area (Å²) in [6, 6.07) is 17.8. The van der Waals surface area contributed by atoms with Crippen LogP contribution in [0.1, 0.15) is 18.1 Å². The van der Waals surface area contributed by atoms with E-state index < -0.39 is 23.8 Å². The van der Waals surface area contributed by atoms with Crippen LogP contribution in [0.25, 0.3) is 6.08 Å². The van der Waals surface area contributed by atoms with Crippen molar-refractivity contribution in [1.29, 1.82) is 0 Å². The van der Waals surface area contributed by atoms with Crippen molar-refractivity contribution in [1.82, 2.24) is 10.6 Å². The molecule has 2 aromatic rings. The second-order valence-electron chi connectivity index (χ2n) is 5.84. The van der Waals surface area contributed by atoms with E-state index in [2.05, 4.69) is 10.6 Å². The Balaban J connectivity index is 1.69. The molecule has 6 nitrogen and oxygen atoms in total. The molecule has 1 atom stereocenters. The molecule has 2 N–H and O–H groups in total. The molecule has 0 saturated heterocycles. The van der Waals surface area contributed by atoms with Gasteiger partial charge in [-0.3, -0.25) is 14.4 Å². The molecule has 0 spiro atoms. The molecule has 2 rings (SSSR count). The smallest absolute Gasteiger partial charge is 0.325 e. The van der Waals surface area contributed by atoms with E-state index in [4.69, 9.17) is 4.74 Å². The first-order valence-corrected chi connectivity index (χ1v) is 8.55. The Morgan fingerprint density at radius 3 is 2.30 bits per heavy atom. The highest BCUT2D eigenvalue weighted by Gasteiger charge is 2.15. The summed E-state index contributed by atoms with van der Waals surface area (Å²) in [7, 11) is 0. The fourth-order valence-corrected chi connectivity index (χ4v) is 2.16. The van der Waals surface area contributed by atoms with Crippen LogP contribution >= 0.6 is 0 Å². The van der Waals surface area contributed by atoms with E-state index in [9.17, 15) is 14.4 Å². The summed E-state index contributed by atoms with van der Waals surface area (Å²) in [6.45, 7) is 1.43. The summed E-state index contributed by atoms with van der Waals surface area (Å²) >= 11 is 0. The molecule has 0 aliphatic heterocycles. The van der Waals surface area contributed by atoms with Gasteiger partial charge in [-0.2, -0.15) is 0 Å². The monoisotopic (exact) mass is 366 g/mol. The quantitative estimate of drug-likeness (QED) is 0.553.